The Morgan fingerprint density at radius 2 is 2.10 bits per heavy atom. The van der Waals surface area contributed by atoms with Gasteiger partial charge in [0.1, 0.15) is 4.21 Å². The van der Waals surface area contributed by atoms with Crippen molar-refractivity contribution in [3.05, 3.63) is 17.0 Å². The van der Waals surface area contributed by atoms with Crippen molar-refractivity contribution in [2.45, 2.75) is 36.9 Å². The summed E-state index contributed by atoms with van der Waals surface area (Å²) in [5, 5.41) is 3.24. The third-order valence-corrected chi connectivity index (χ3v) is 6.78. The molecule has 0 radical (unpaired) electrons. The van der Waals surface area contributed by atoms with E-state index in [9.17, 15) is 8.42 Å². The van der Waals surface area contributed by atoms with Gasteiger partial charge in [0.05, 0.1) is 0 Å². The Morgan fingerprint density at radius 3 is 2.70 bits per heavy atom. The highest BCUT2D eigenvalue weighted by Gasteiger charge is 2.20. The van der Waals surface area contributed by atoms with Crippen molar-refractivity contribution in [1.29, 1.82) is 0 Å². The van der Waals surface area contributed by atoms with E-state index in [-0.39, 0.29) is 6.04 Å². The molecule has 116 valence electrons. The lowest BCUT2D eigenvalue weighted by molar-refractivity contribution is 0.560. The van der Waals surface area contributed by atoms with Gasteiger partial charge in [0.25, 0.3) is 0 Å². The molecule has 0 aliphatic carbocycles. The first kappa shape index (κ1) is 18.0. The molecule has 1 atom stereocenters. The van der Waals surface area contributed by atoms with Crippen molar-refractivity contribution in [1.82, 2.24) is 10.0 Å². The third kappa shape index (κ3) is 5.73. The predicted octanol–water partition coefficient (Wildman–Crippen LogP) is 2.32. The van der Waals surface area contributed by atoms with Gasteiger partial charge in [-0.1, -0.05) is 13.8 Å². The Labute approximate surface area is 130 Å². The summed E-state index contributed by atoms with van der Waals surface area (Å²) in [5.41, 5.74) is 0. The molecule has 1 rings (SSSR count). The SMILES string of the molecule is CCNCCc1ccc(S(=O)(=O)NC(CC)CSC)s1. The Bertz CT molecular complexity index is 486. The topological polar surface area (TPSA) is 58.2 Å². The van der Waals surface area contributed by atoms with Gasteiger partial charge >= 0.3 is 0 Å². The number of nitrogens with one attached hydrogen (secondary N) is 2. The first-order chi connectivity index (χ1) is 9.53. The van der Waals surface area contributed by atoms with Crippen molar-refractivity contribution < 1.29 is 8.42 Å². The largest absolute Gasteiger partial charge is 0.317 e. The second-order valence-electron chi connectivity index (χ2n) is 4.51. The first-order valence-corrected chi connectivity index (χ1v) is 10.5. The van der Waals surface area contributed by atoms with Crippen LogP contribution in [0.5, 0.6) is 0 Å². The van der Waals surface area contributed by atoms with Gasteiger partial charge in [0, 0.05) is 16.7 Å². The quantitative estimate of drug-likeness (QED) is 0.644. The minimum absolute atomic E-state index is 0.00214. The number of likely N-dealkylation sites (N-methyl/N-ethyl adjacent to an activating group) is 1. The average Bonchev–Trinajstić information content (AvgIpc) is 2.88. The van der Waals surface area contributed by atoms with Crippen LogP contribution in [0.4, 0.5) is 0 Å². The fourth-order valence-electron chi connectivity index (χ4n) is 1.74. The van der Waals surface area contributed by atoms with Crippen LogP contribution < -0.4 is 10.0 Å². The van der Waals surface area contributed by atoms with Gasteiger partial charge in [-0.3, -0.25) is 0 Å². The fraction of sp³-hybridized carbons (Fsp3) is 0.692. The van der Waals surface area contributed by atoms with E-state index < -0.39 is 10.0 Å². The predicted molar refractivity (Wildman–Crippen MR) is 89.3 cm³/mol. The van der Waals surface area contributed by atoms with Gasteiger partial charge < -0.3 is 5.32 Å². The highest BCUT2D eigenvalue weighted by atomic mass is 32.2. The molecule has 1 aromatic rings. The highest BCUT2D eigenvalue weighted by Crippen LogP contribution is 2.22. The maximum atomic E-state index is 12.3. The first-order valence-electron chi connectivity index (χ1n) is 6.84. The van der Waals surface area contributed by atoms with Crippen LogP contribution in [0.15, 0.2) is 16.3 Å². The summed E-state index contributed by atoms with van der Waals surface area (Å²) >= 11 is 3.02. The molecule has 0 aromatic carbocycles. The lowest BCUT2D eigenvalue weighted by atomic mass is 10.3. The molecular formula is C13H24N2O2S3. The summed E-state index contributed by atoms with van der Waals surface area (Å²) < 4.78 is 27.8. The van der Waals surface area contributed by atoms with E-state index in [1.54, 1.807) is 17.8 Å². The van der Waals surface area contributed by atoms with Crippen molar-refractivity contribution in [2.24, 2.45) is 0 Å². The number of thiophene rings is 1. The van der Waals surface area contributed by atoms with Gasteiger partial charge in [-0.05, 0) is 44.3 Å². The van der Waals surface area contributed by atoms with Gasteiger partial charge in [0.2, 0.25) is 10.0 Å². The summed E-state index contributed by atoms with van der Waals surface area (Å²) in [4.78, 5) is 1.10. The Balaban J connectivity index is 2.67. The van der Waals surface area contributed by atoms with E-state index in [4.69, 9.17) is 0 Å². The molecule has 20 heavy (non-hydrogen) atoms. The molecule has 0 amide bonds. The van der Waals surface area contributed by atoms with E-state index in [0.29, 0.717) is 4.21 Å². The molecule has 1 unspecified atom stereocenters. The van der Waals surface area contributed by atoms with Crippen LogP contribution in [0.25, 0.3) is 0 Å². The molecular weight excluding hydrogens is 312 g/mol. The van der Waals surface area contributed by atoms with Gasteiger partial charge in [0.15, 0.2) is 0 Å². The zero-order valence-electron chi connectivity index (χ0n) is 12.3. The molecule has 1 heterocycles. The molecule has 1 aromatic heterocycles. The van der Waals surface area contributed by atoms with Crippen LogP contribution in [0.3, 0.4) is 0 Å². The third-order valence-electron chi connectivity index (χ3n) is 2.88. The van der Waals surface area contributed by atoms with E-state index in [1.165, 1.54) is 11.3 Å². The number of hydrogen-bond acceptors (Lipinski definition) is 5. The van der Waals surface area contributed by atoms with Crippen LogP contribution in [0.1, 0.15) is 25.1 Å². The molecule has 0 bridgehead atoms. The minimum Gasteiger partial charge on any atom is -0.317 e. The summed E-state index contributed by atoms with van der Waals surface area (Å²) in [6, 6.07) is 3.62. The van der Waals surface area contributed by atoms with E-state index >= 15 is 0 Å². The van der Waals surface area contributed by atoms with Crippen LogP contribution >= 0.6 is 23.1 Å². The number of sulfonamides is 1. The normalized spacial score (nSPS) is 13.6. The van der Waals surface area contributed by atoms with Crippen molar-refractivity contribution >= 4 is 33.1 Å². The Morgan fingerprint density at radius 1 is 1.35 bits per heavy atom. The van der Waals surface area contributed by atoms with Crippen LogP contribution in [0, 0.1) is 0 Å². The lowest BCUT2D eigenvalue weighted by Gasteiger charge is -2.14. The van der Waals surface area contributed by atoms with Crippen molar-refractivity contribution in [3.8, 4) is 0 Å². The average molecular weight is 337 g/mol. The van der Waals surface area contributed by atoms with E-state index in [0.717, 1.165) is 36.6 Å². The van der Waals surface area contributed by atoms with Gasteiger partial charge in [-0.25, -0.2) is 13.1 Å². The molecule has 0 fully saturated rings. The molecule has 0 aliphatic heterocycles. The second-order valence-corrected chi connectivity index (χ2v) is 8.53. The molecule has 7 heteroatoms. The van der Waals surface area contributed by atoms with Crippen LogP contribution in [-0.4, -0.2) is 39.6 Å². The highest BCUT2D eigenvalue weighted by molar-refractivity contribution is 7.98. The van der Waals surface area contributed by atoms with E-state index in [1.807, 2.05) is 19.2 Å². The van der Waals surface area contributed by atoms with Crippen molar-refractivity contribution in [2.75, 3.05) is 25.1 Å². The molecule has 2 N–H and O–H groups in total. The number of rotatable bonds is 10. The number of thioether (sulfide) groups is 1. The molecule has 0 spiro atoms. The van der Waals surface area contributed by atoms with Crippen molar-refractivity contribution in [3.63, 3.8) is 0 Å². The number of hydrogen-bond donors (Lipinski definition) is 2. The summed E-state index contributed by atoms with van der Waals surface area (Å²) in [6.07, 6.45) is 3.66. The Hall–Kier alpha value is -0.0800. The van der Waals surface area contributed by atoms with E-state index in [2.05, 4.69) is 17.0 Å². The summed E-state index contributed by atoms with van der Waals surface area (Å²) in [6.45, 7) is 5.88. The smallest absolute Gasteiger partial charge is 0.250 e. The molecule has 4 nitrogen and oxygen atoms in total. The maximum Gasteiger partial charge on any atom is 0.250 e. The summed E-state index contributed by atoms with van der Waals surface area (Å²) in [7, 11) is -3.37. The molecule has 0 aliphatic rings. The monoisotopic (exact) mass is 336 g/mol. The fourth-order valence-corrected chi connectivity index (χ4v) is 5.26. The van der Waals surface area contributed by atoms with Gasteiger partial charge in [-0.15, -0.1) is 11.3 Å². The molecule has 0 saturated heterocycles. The zero-order valence-corrected chi connectivity index (χ0v) is 14.8. The Kier molecular flexibility index (Phi) is 8.13. The molecule has 0 saturated carbocycles. The zero-order chi connectivity index (χ0) is 15.0. The minimum atomic E-state index is -3.37. The maximum absolute atomic E-state index is 12.3. The standard InChI is InChI=1S/C13H24N2O2S3/c1-4-11(10-18-3)15-20(16,17)13-7-6-12(19-13)8-9-14-5-2/h6-7,11,14-15H,4-5,8-10H2,1-3H3. The lowest BCUT2D eigenvalue weighted by Crippen LogP contribution is -2.35. The van der Waals surface area contributed by atoms with Crippen LogP contribution in [-0.2, 0) is 16.4 Å². The second kappa shape index (κ2) is 9.04. The van der Waals surface area contributed by atoms with Gasteiger partial charge in [-0.2, -0.15) is 11.8 Å². The van der Waals surface area contributed by atoms with Crippen LogP contribution in [0.2, 0.25) is 0 Å². The summed E-state index contributed by atoms with van der Waals surface area (Å²) in [5.74, 6) is 0.800.